The quantitative estimate of drug-likeness (QED) is 0.412. The van der Waals surface area contributed by atoms with Gasteiger partial charge in [0.05, 0.1) is 5.39 Å². The Morgan fingerprint density at radius 2 is 1.77 bits per heavy atom. The van der Waals surface area contributed by atoms with E-state index in [0.29, 0.717) is 16.3 Å². The highest BCUT2D eigenvalue weighted by molar-refractivity contribution is 6.22. The van der Waals surface area contributed by atoms with Crippen molar-refractivity contribution in [2.24, 2.45) is 7.05 Å². The summed E-state index contributed by atoms with van der Waals surface area (Å²) in [5.41, 5.74) is -1.67. The summed E-state index contributed by atoms with van der Waals surface area (Å²) < 4.78 is 45.2. The van der Waals surface area contributed by atoms with Gasteiger partial charge < -0.3 is 14.1 Å². The highest BCUT2D eigenvalue weighted by atomic mass is 19.4. The van der Waals surface area contributed by atoms with Gasteiger partial charge >= 0.3 is 11.8 Å². The number of carbonyl (C=O) groups is 1. The molecule has 132 valence electrons. The van der Waals surface area contributed by atoms with Crippen molar-refractivity contribution < 1.29 is 27.5 Å². The van der Waals surface area contributed by atoms with Gasteiger partial charge in [-0.25, -0.2) is 4.79 Å². The molecule has 0 bridgehead atoms. The Morgan fingerprint density at radius 3 is 2.46 bits per heavy atom. The topological polar surface area (TPSA) is 72.4 Å². The molecule has 0 aliphatic heterocycles. The molecule has 2 aromatic carbocycles. The minimum atomic E-state index is -5.31. The van der Waals surface area contributed by atoms with Crippen LogP contribution in [-0.2, 0) is 7.05 Å². The van der Waals surface area contributed by atoms with Crippen molar-refractivity contribution in [3.63, 3.8) is 0 Å². The van der Waals surface area contributed by atoms with Crippen LogP contribution in [0.2, 0.25) is 0 Å². The van der Waals surface area contributed by atoms with Gasteiger partial charge in [-0.3, -0.25) is 4.79 Å². The first-order valence-electron chi connectivity index (χ1n) is 7.49. The number of fused-ring (bicyclic) bond motifs is 5. The average Bonchev–Trinajstić information content (AvgIpc) is 2.87. The van der Waals surface area contributed by atoms with Gasteiger partial charge in [0.2, 0.25) is 0 Å². The van der Waals surface area contributed by atoms with Gasteiger partial charge in [-0.1, -0.05) is 18.2 Å². The predicted octanol–water partition coefficient (Wildman–Crippen LogP) is 3.89. The van der Waals surface area contributed by atoms with Gasteiger partial charge in [-0.2, -0.15) is 13.2 Å². The van der Waals surface area contributed by atoms with Gasteiger partial charge in [0.1, 0.15) is 11.3 Å². The first-order valence-corrected chi connectivity index (χ1v) is 7.49. The maximum atomic E-state index is 12.8. The van der Waals surface area contributed by atoms with E-state index in [1.165, 1.54) is 6.07 Å². The molecule has 0 amide bonds. The smallest absolute Gasteiger partial charge is 0.455 e. The van der Waals surface area contributed by atoms with Crippen LogP contribution >= 0.6 is 0 Å². The molecule has 0 radical (unpaired) electrons. The number of Topliss-reactive ketones (excluding diaryl/α,β-unsaturated/α-hetero) is 1. The minimum Gasteiger partial charge on any atom is -0.506 e. The molecule has 0 saturated heterocycles. The number of aromatic nitrogens is 1. The standard InChI is InChI=1S/C18H10F3NO4/c1-22-9-5-3-2-4-8(9)12-10(22)6-7-11-13(12)15(23)14(17(25)26-11)16(24)18(19,20)21/h2-7,23H,1H3. The second-order valence-corrected chi connectivity index (χ2v) is 5.85. The summed E-state index contributed by atoms with van der Waals surface area (Å²) in [4.78, 5) is 23.5. The molecule has 26 heavy (non-hydrogen) atoms. The molecule has 0 fully saturated rings. The lowest BCUT2D eigenvalue weighted by Gasteiger charge is -2.09. The van der Waals surface area contributed by atoms with E-state index in [1.807, 2.05) is 0 Å². The van der Waals surface area contributed by atoms with E-state index in [1.54, 1.807) is 41.9 Å². The molecule has 0 spiro atoms. The summed E-state index contributed by atoms with van der Waals surface area (Å²) in [7, 11) is 1.76. The zero-order valence-electron chi connectivity index (χ0n) is 13.2. The summed E-state index contributed by atoms with van der Waals surface area (Å²) in [5, 5.41) is 11.4. The third-order valence-corrected chi connectivity index (χ3v) is 4.41. The van der Waals surface area contributed by atoms with Crippen LogP contribution in [0.1, 0.15) is 10.4 Å². The molecule has 2 aromatic heterocycles. The van der Waals surface area contributed by atoms with Gasteiger partial charge in [0, 0.05) is 28.9 Å². The van der Waals surface area contributed by atoms with E-state index in [9.17, 15) is 27.9 Å². The van der Waals surface area contributed by atoms with Crippen molar-refractivity contribution in [1.29, 1.82) is 0 Å². The van der Waals surface area contributed by atoms with E-state index in [2.05, 4.69) is 0 Å². The molecule has 0 aliphatic carbocycles. The number of aryl methyl sites for hydroxylation is 1. The lowest BCUT2D eigenvalue weighted by Crippen LogP contribution is -2.28. The Labute approximate surface area is 142 Å². The monoisotopic (exact) mass is 361 g/mol. The first-order chi connectivity index (χ1) is 12.2. The molecule has 5 nitrogen and oxygen atoms in total. The van der Waals surface area contributed by atoms with Gasteiger partial charge in [0.15, 0.2) is 5.56 Å². The van der Waals surface area contributed by atoms with E-state index < -0.39 is 28.9 Å². The minimum absolute atomic E-state index is 0.102. The van der Waals surface area contributed by atoms with Crippen LogP contribution in [-0.4, -0.2) is 21.6 Å². The second-order valence-electron chi connectivity index (χ2n) is 5.85. The summed E-state index contributed by atoms with van der Waals surface area (Å²) in [6, 6.07) is 10.1. The second kappa shape index (κ2) is 5.10. The molecule has 8 heteroatoms. The molecule has 0 atom stereocenters. The molecular weight excluding hydrogens is 351 g/mol. The Balaban J connectivity index is 2.26. The van der Waals surface area contributed by atoms with Crippen molar-refractivity contribution in [2.75, 3.05) is 0 Å². The van der Waals surface area contributed by atoms with Crippen molar-refractivity contribution >= 4 is 38.6 Å². The Bertz CT molecular complexity index is 1280. The molecule has 0 unspecified atom stereocenters. The zero-order chi connectivity index (χ0) is 18.8. The average molecular weight is 361 g/mol. The first kappa shape index (κ1) is 16.2. The molecule has 0 saturated carbocycles. The van der Waals surface area contributed by atoms with E-state index in [-0.39, 0.29) is 11.0 Å². The SMILES string of the molecule is Cn1c2ccccc2c2c3c(O)c(C(=O)C(F)(F)F)c(=O)oc3ccc21. The van der Waals surface area contributed by atoms with Crippen molar-refractivity contribution in [2.45, 2.75) is 6.18 Å². The fourth-order valence-electron chi connectivity index (χ4n) is 3.27. The number of alkyl halides is 3. The third-order valence-electron chi connectivity index (χ3n) is 4.41. The summed E-state index contributed by atoms with van der Waals surface area (Å²) in [6.07, 6.45) is -5.31. The van der Waals surface area contributed by atoms with Gasteiger partial charge in [0.25, 0.3) is 5.78 Å². The normalized spacial score (nSPS) is 12.3. The lowest BCUT2D eigenvalue weighted by molar-refractivity contribution is -0.0888. The fourth-order valence-corrected chi connectivity index (χ4v) is 3.27. The van der Waals surface area contributed by atoms with Crippen molar-refractivity contribution in [3.05, 3.63) is 52.4 Å². The highest BCUT2D eigenvalue weighted by Crippen LogP contribution is 2.39. The zero-order valence-corrected chi connectivity index (χ0v) is 13.2. The summed E-state index contributed by atoms with van der Waals surface area (Å²) in [6.45, 7) is 0. The van der Waals surface area contributed by atoms with E-state index in [4.69, 9.17) is 4.42 Å². The Morgan fingerprint density at radius 1 is 1.08 bits per heavy atom. The Kier molecular flexibility index (Phi) is 3.18. The van der Waals surface area contributed by atoms with Crippen LogP contribution < -0.4 is 5.63 Å². The number of nitrogens with zero attached hydrogens (tertiary/aromatic N) is 1. The molecular formula is C18H10F3NO4. The number of aromatic hydroxyl groups is 1. The maximum absolute atomic E-state index is 12.8. The summed E-state index contributed by atoms with van der Waals surface area (Å²) >= 11 is 0. The molecule has 1 N–H and O–H groups in total. The van der Waals surface area contributed by atoms with E-state index in [0.717, 1.165) is 5.52 Å². The number of halogens is 3. The highest BCUT2D eigenvalue weighted by Gasteiger charge is 2.43. The Hall–Kier alpha value is -3.29. The van der Waals surface area contributed by atoms with Crippen LogP contribution in [0.5, 0.6) is 5.75 Å². The molecule has 0 aliphatic rings. The number of ketones is 1. The van der Waals surface area contributed by atoms with Crippen molar-refractivity contribution in [1.82, 2.24) is 4.57 Å². The maximum Gasteiger partial charge on any atom is 0.455 e. The van der Waals surface area contributed by atoms with Gasteiger partial charge in [-0.05, 0) is 18.2 Å². The van der Waals surface area contributed by atoms with E-state index >= 15 is 0 Å². The number of para-hydroxylation sites is 1. The van der Waals surface area contributed by atoms with Crippen LogP contribution in [0, 0.1) is 0 Å². The number of rotatable bonds is 1. The summed E-state index contributed by atoms with van der Waals surface area (Å²) in [5.74, 6) is -3.47. The van der Waals surface area contributed by atoms with Crippen LogP contribution in [0.3, 0.4) is 0 Å². The molecule has 2 heterocycles. The molecule has 4 rings (SSSR count). The van der Waals surface area contributed by atoms with Crippen LogP contribution in [0.25, 0.3) is 32.8 Å². The number of benzene rings is 2. The predicted molar refractivity (Wildman–Crippen MR) is 88.5 cm³/mol. The van der Waals surface area contributed by atoms with Gasteiger partial charge in [-0.15, -0.1) is 0 Å². The fraction of sp³-hybridized carbons (Fsp3) is 0.111. The number of carbonyl (C=O) groups excluding carboxylic acids is 1. The largest absolute Gasteiger partial charge is 0.506 e. The van der Waals surface area contributed by atoms with Crippen LogP contribution in [0.4, 0.5) is 13.2 Å². The number of hydrogen-bond acceptors (Lipinski definition) is 4. The third kappa shape index (κ3) is 2.05. The lowest BCUT2D eigenvalue weighted by atomic mass is 10.0. The van der Waals surface area contributed by atoms with Crippen molar-refractivity contribution in [3.8, 4) is 5.75 Å². The number of hydrogen-bond donors (Lipinski definition) is 1. The molecule has 4 aromatic rings. The van der Waals surface area contributed by atoms with Crippen LogP contribution in [0.15, 0.2) is 45.6 Å².